The summed E-state index contributed by atoms with van der Waals surface area (Å²) in [6.07, 6.45) is 0.849. The van der Waals surface area contributed by atoms with Crippen molar-refractivity contribution in [3.63, 3.8) is 0 Å². The summed E-state index contributed by atoms with van der Waals surface area (Å²) in [6, 6.07) is 4.90. The van der Waals surface area contributed by atoms with Gasteiger partial charge < -0.3 is 25.4 Å². The third-order valence-corrected chi connectivity index (χ3v) is 3.23. The molecule has 0 radical (unpaired) electrons. The number of benzene rings is 1. The number of aliphatic imine (C=N–C) groups is 1. The second kappa shape index (κ2) is 11.9. The van der Waals surface area contributed by atoms with E-state index in [0.717, 1.165) is 6.42 Å². The summed E-state index contributed by atoms with van der Waals surface area (Å²) in [7, 11) is 1.55. The number of hydrogen-bond donors (Lipinski definition) is 3. The highest BCUT2D eigenvalue weighted by molar-refractivity contribution is 5.86. The Bertz CT molecular complexity index is 597. The number of alkyl halides is 2. The molecular formula is C17H26F2N4O3. The number of amides is 1. The minimum atomic E-state index is -2.96. The maximum atomic E-state index is 12.7. The van der Waals surface area contributed by atoms with Gasteiger partial charge in [0, 0.05) is 25.7 Å². The summed E-state index contributed by atoms with van der Waals surface area (Å²) < 4.78 is 35.4. The van der Waals surface area contributed by atoms with Crippen LogP contribution in [-0.2, 0) is 11.3 Å². The minimum Gasteiger partial charge on any atom is -0.490 e. The normalized spacial score (nSPS) is 11.2. The fourth-order valence-electron chi connectivity index (χ4n) is 2.08. The molecule has 1 aromatic carbocycles. The Morgan fingerprint density at radius 3 is 2.62 bits per heavy atom. The predicted octanol–water partition coefficient (Wildman–Crippen LogP) is 1.88. The van der Waals surface area contributed by atoms with Crippen molar-refractivity contribution in [2.45, 2.75) is 33.4 Å². The van der Waals surface area contributed by atoms with E-state index in [1.807, 2.05) is 6.92 Å². The van der Waals surface area contributed by atoms with Crippen molar-refractivity contribution >= 4 is 11.9 Å². The fourth-order valence-corrected chi connectivity index (χ4v) is 2.08. The van der Waals surface area contributed by atoms with Crippen LogP contribution in [0.25, 0.3) is 0 Å². The molecule has 1 aromatic rings. The Morgan fingerprint density at radius 1 is 1.23 bits per heavy atom. The second-order valence-corrected chi connectivity index (χ2v) is 5.19. The maximum absolute atomic E-state index is 12.7. The van der Waals surface area contributed by atoms with E-state index in [1.54, 1.807) is 32.2 Å². The van der Waals surface area contributed by atoms with Gasteiger partial charge in [-0.3, -0.25) is 9.79 Å². The molecular weight excluding hydrogens is 346 g/mol. The fraction of sp³-hybridized carbons (Fsp3) is 0.529. The van der Waals surface area contributed by atoms with Crippen LogP contribution in [0.5, 0.6) is 11.5 Å². The average molecular weight is 372 g/mol. The van der Waals surface area contributed by atoms with Gasteiger partial charge >= 0.3 is 6.61 Å². The largest absolute Gasteiger partial charge is 0.490 e. The standard InChI is InChI=1S/C17H26F2N4O3/c1-4-9-21-14(24)11-23-17(20-3)22-10-12-7-6-8-13(25-5-2)15(12)26-16(18)19/h6-8,16H,4-5,9-11H2,1-3H3,(H,21,24)(H2,20,22,23). The number of carbonyl (C=O) groups excluding carboxylic acids is 1. The van der Waals surface area contributed by atoms with E-state index in [0.29, 0.717) is 24.7 Å². The van der Waals surface area contributed by atoms with E-state index in [1.165, 1.54) is 0 Å². The van der Waals surface area contributed by atoms with Crippen molar-refractivity contribution in [1.82, 2.24) is 16.0 Å². The lowest BCUT2D eigenvalue weighted by atomic mass is 10.2. The molecule has 0 saturated carbocycles. The first-order chi connectivity index (χ1) is 12.5. The van der Waals surface area contributed by atoms with Gasteiger partial charge in [-0.05, 0) is 19.4 Å². The van der Waals surface area contributed by atoms with Crippen molar-refractivity contribution in [2.75, 3.05) is 26.7 Å². The minimum absolute atomic E-state index is 0.0204. The third-order valence-electron chi connectivity index (χ3n) is 3.23. The maximum Gasteiger partial charge on any atom is 0.387 e. The van der Waals surface area contributed by atoms with Gasteiger partial charge in [-0.2, -0.15) is 8.78 Å². The smallest absolute Gasteiger partial charge is 0.387 e. The number of nitrogens with one attached hydrogen (secondary N) is 3. The van der Waals surface area contributed by atoms with Crippen LogP contribution in [0.3, 0.4) is 0 Å². The number of ether oxygens (including phenoxy) is 2. The summed E-state index contributed by atoms with van der Waals surface area (Å²) in [5.41, 5.74) is 0.481. The summed E-state index contributed by atoms with van der Waals surface area (Å²) in [5.74, 6) is 0.429. The van der Waals surface area contributed by atoms with Gasteiger partial charge in [-0.25, -0.2) is 0 Å². The number of para-hydroxylation sites is 1. The molecule has 0 heterocycles. The lowest BCUT2D eigenvalue weighted by Crippen LogP contribution is -2.43. The zero-order chi connectivity index (χ0) is 19.4. The van der Waals surface area contributed by atoms with Crippen LogP contribution in [-0.4, -0.2) is 45.2 Å². The van der Waals surface area contributed by atoms with E-state index in [-0.39, 0.29) is 30.5 Å². The quantitative estimate of drug-likeness (QED) is 0.431. The van der Waals surface area contributed by atoms with Gasteiger partial charge in [0.1, 0.15) is 0 Å². The van der Waals surface area contributed by atoms with Crippen molar-refractivity contribution < 1.29 is 23.0 Å². The molecule has 0 aliphatic carbocycles. The number of hydrogen-bond acceptors (Lipinski definition) is 4. The monoisotopic (exact) mass is 372 g/mol. The number of rotatable bonds is 10. The molecule has 0 aromatic heterocycles. The summed E-state index contributed by atoms with van der Waals surface area (Å²) in [5, 5.41) is 8.55. The average Bonchev–Trinajstić information content (AvgIpc) is 2.62. The van der Waals surface area contributed by atoms with Crippen molar-refractivity contribution in [3.8, 4) is 11.5 Å². The lowest BCUT2D eigenvalue weighted by molar-refractivity contribution is -0.120. The first kappa shape index (κ1) is 21.5. The highest BCUT2D eigenvalue weighted by Gasteiger charge is 2.16. The third kappa shape index (κ3) is 7.54. The molecule has 0 unspecified atom stereocenters. The van der Waals surface area contributed by atoms with Crippen LogP contribution in [0.15, 0.2) is 23.2 Å². The van der Waals surface area contributed by atoms with E-state index >= 15 is 0 Å². The molecule has 1 rings (SSSR count). The van der Waals surface area contributed by atoms with Crippen LogP contribution in [0.2, 0.25) is 0 Å². The first-order valence-electron chi connectivity index (χ1n) is 8.42. The summed E-state index contributed by atoms with van der Waals surface area (Å²) in [6.45, 7) is 1.90. The molecule has 0 saturated heterocycles. The van der Waals surface area contributed by atoms with E-state index in [2.05, 4.69) is 25.7 Å². The molecule has 26 heavy (non-hydrogen) atoms. The van der Waals surface area contributed by atoms with Gasteiger partial charge in [0.15, 0.2) is 17.5 Å². The molecule has 7 nitrogen and oxygen atoms in total. The molecule has 9 heteroatoms. The molecule has 3 N–H and O–H groups in total. The van der Waals surface area contributed by atoms with E-state index in [9.17, 15) is 13.6 Å². The van der Waals surface area contributed by atoms with Crippen LogP contribution >= 0.6 is 0 Å². The Balaban J connectivity index is 2.71. The summed E-state index contributed by atoms with van der Waals surface area (Å²) in [4.78, 5) is 15.6. The Labute approximate surface area is 152 Å². The van der Waals surface area contributed by atoms with Gasteiger partial charge in [0.05, 0.1) is 13.2 Å². The summed E-state index contributed by atoms with van der Waals surface area (Å²) >= 11 is 0. The van der Waals surface area contributed by atoms with Crippen LogP contribution in [0.4, 0.5) is 8.78 Å². The number of halogens is 2. The lowest BCUT2D eigenvalue weighted by Gasteiger charge is -2.17. The Morgan fingerprint density at radius 2 is 2.00 bits per heavy atom. The Hall–Kier alpha value is -2.58. The molecule has 0 fully saturated rings. The molecule has 0 bridgehead atoms. The molecule has 0 aliphatic heterocycles. The topological polar surface area (TPSA) is 84.0 Å². The predicted molar refractivity (Wildman–Crippen MR) is 95.7 cm³/mol. The first-order valence-corrected chi connectivity index (χ1v) is 8.42. The van der Waals surface area contributed by atoms with Crippen LogP contribution in [0, 0.1) is 0 Å². The molecule has 1 amide bonds. The zero-order valence-electron chi connectivity index (χ0n) is 15.3. The highest BCUT2D eigenvalue weighted by Crippen LogP contribution is 2.32. The van der Waals surface area contributed by atoms with E-state index in [4.69, 9.17) is 4.74 Å². The number of carbonyl (C=O) groups is 1. The molecule has 0 atom stereocenters. The van der Waals surface area contributed by atoms with Crippen LogP contribution in [0.1, 0.15) is 25.8 Å². The van der Waals surface area contributed by atoms with Gasteiger partial charge in [0.2, 0.25) is 5.91 Å². The van der Waals surface area contributed by atoms with E-state index < -0.39 is 6.61 Å². The Kier molecular flexibility index (Phi) is 9.81. The van der Waals surface area contributed by atoms with Crippen molar-refractivity contribution in [2.24, 2.45) is 4.99 Å². The van der Waals surface area contributed by atoms with Crippen molar-refractivity contribution in [3.05, 3.63) is 23.8 Å². The SMILES string of the molecule is CCCNC(=O)CNC(=NC)NCc1cccc(OCC)c1OC(F)F. The van der Waals surface area contributed by atoms with Gasteiger partial charge in [-0.1, -0.05) is 19.1 Å². The second-order valence-electron chi connectivity index (χ2n) is 5.19. The van der Waals surface area contributed by atoms with Gasteiger partial charge in [0.25, 0.3) is 0 Å². The molecule has 0 spiro atoms. The zero-order valence-corrected chi connectivity index (χ0v) is 15.3. The van der Waals surface area contributed by atoms with Crippen LogP contribution < -0.4 is 25.4 Å². The number of guanidine groups is 1. The number of nitrogens with zero attached hydrogens (tertiary/aromatic N) is 1. The van der Waals surface area contributed by atoms with Gasteiger partial charge in [-0.15, -0.1) is 0 Å². The van der Waals surface area contributed by atoms with Crippen molar-refractivity contribution in [1.29, 1.82) is 0 Å². The molecule has 0 aliphatic rings. The highest BCUT2D eigenvalue weighted by atomic mass is 19.3. The molecule has 146 valence electrons.